The highest BCUT2D eigenvalue weighted by Crippen LogP contribution is 2.38. The molecule has 0 saturated carbocycles. The van der Waals surface area contributed by atoms with Crippen LogP contribution in [0.3, 0.4) is 0 Å². The highest BCUT2D eigenvalue weighted by Gasteiger charge is 2.34. The van der Waals surface area contributed by atoms with E-state index in [0.29, 0.717) is 29.0 Å². The maximum Gasteiger partial charge on any atom is 0.271 e. The van der Waals surface area contributed by atoms with Gasteiger partial charge in [-0.25, -0.2) is 21.8 Å². The van der Waals surface area contributed by atoms with Gasteiger partial charge in [-0.1, -0.05) is 11.8 Å². The Balaban J connectivity index is 1.78. The van der Waals surface area contributed by atoms with Crippen LogP contribution in [0.1, 0.15) is 18.9 Å². The number of aromatic nitrogens is 2. The third kappa shape index (κ3) is 3.69. The molecule has 2 saturated heterocycles. The Labute approximate surface area is 160 Å². The van der Waals surface area contributed by atoms with E-state index >= 15 is 0 Å². The normalized spacial score (nSPS) is 26.5. The predicted octanol–water partition coefficient (Wildman–Crippen LogP) is 1.58. The molecule has 2 aliphatic heterocycles. The second-order valence-corrected chi connectivity index (χ2v) is 12.6. The summed E-state index contributed by atoms with van der Waals surface area (Å²) in [6, 6.07) is 4.02. The second-order valence-electron chi connectivity index (χ2n) is 6.89. The standard InChI is InChI=1S/C15H17N3O6S3/c19-18(20)10-1-2-14-13(7-10)16-15(25-12-4-6-27(23,24)9-12)17(14)11-3-5-26(21,22)8-11/h1-2,7,11-12H,3-6,8-9H2/t11-,12+/m0/s1. The topological polar surface area (TPSA) is 129 Å². The molecule has 2 aromatic rings. The first kappa shape index (κ1) is 18.7. The summed E-state index contributed by atoms with van der Waals surface area (Å²) in [6.07, 6.45) is 0.959. The lowest BCUT2D eigenvalue weighted by Crippen LogP contribution is -2.14. The van der Waals surface area contributed by atoms with Crippen LogP contribution in [0, 0.1) is 10.1 Å². The van der Waals surface area contributed by atoms with Crippen molar-refractivity contribution in [3.05, 3.63) is 28.3 Å². The predicted molar refractivity (Wildman–Crippen MR) is 102 cm³/mol. The highest BCUT2D eigenvalue weighted by atomic mass is 32.2. The molecule has 0 amide bonds. The summed E-state index contributed by atoms with van der Waals surface area (Å²) in [7, 11) is -6.19. The van der Waals surface area contributed by atoms with Crippen LogP contribution in [0.2, 0.25) is 0 Å². The summed E-state index contributed by atoms with van der Waals surface area (Å²) in [4.78, 5) is 15.0. The number of hydrogen-bond donors (Lipinski definition) is 0. The molecule has 3 heterocycles. The van der Waals surface area contributed by atoms with Crippen LogP contribution in [0.15, 0.2) is 23.4 Å². The minimum absolute atomic E-state index is 0.00796. The zero-order chi connectivity index (χ0) is 19.4. The van der Waals surface area contributed by atoms with Gasteiger partial charge in [-0.15, -0.1) is 0 Å². The summed E-state index contributed by atoms with van der Waals surface area (Å²) < 4.78 is 49.2. The van der Waals surface area contributed by atoms with Gasteiger partial charge in [-0.2, -0.15) is 0 Å². The van der Waals surface area contributed by atoms with Crippen molar-refractivity contribution in [3.63, 3.8) is 0 Å². The number of nitro benzene ring substituents is 1. The number of sulfone groups is 2. The Kier molecular flexibility index (Phi) is 4.47. The number of non-ortho nitro benzene ring substituents is 1. The van der Waals surface area contributed by atoms with E-state index in [9.17, 15) is 26.9 Å². The fourth-order valence-corrected chi connectivity index (χ4v) is 8.93. The van der Waals surface area contributed by atoms with Crippen LogP contribution in [0.4, 0.5) is 5.69 Å². The molecule has 1 aromatic carbocycles. The van der Waals surface area contributed by atoms with Crippen molar-refractivity contribution < 1.29 is 21.8 Å². The molecule has 0 radical (unpaired) electrons. The molecule has 2 fully saturated rings. The fraction of sp³-hybridized carbons (Fsp3) is 0.533. The van der Waals surface area contributed by atoms with Gasteiger partial charge >= 0.3 is 0 Å². The van der Waals surface area contributed by atoms with Gasteiger partial charge in [0.2, 0.25) is 0 Å². The summed E-state index contributed by atoms with van der Waals surface area (Å²) >= 11 is 1.32. The van der Waals surface area contributed by atoms with Crippen LogP contribution in [0.5, 0.6) is 0 Å². The number of nitro groups is 1. The van der Waals surface area contributed by atoms with Crippen molar-refractivity contribution in [3.8, 4) is 0 Å². The third-order valence-electron chi connectivity index (χ3n) is 4.89. The summed E-state index contributed by atoms with van der Waals surface area (Å²) in [5, 5.41) is 11.4. The Morgan fingerprint density at radius 3 is 2.41 bits per heavy atom. The Morgan fingerprint density at radius 2 is 1.81 bits per heavy atom. The molecule has 2 atom stereocenters. The quantitative estimate of drug-likeness (QED) is 0.527. The summed E-state index contributed by atoms with van der Waals surface area (Å²) in [5.41, 5.74) is 0.953. The number of hydrogen-bond acceptors (Lipinski definition) is 8. The van der Waals surface area contributed by atoms with Crippen molar-refractivity contribution in [2.75, 3.05) is 23.0 Å². The first-order valence-electron chi connectivity index (χ1n) is 8.37. The molecular formula is C15H17N3O6S3. The zero-order valence-electron chi connectivity index (χ0n) is 14.1. The van der Waals surface area contributed by atoms with Gasteiger partial charge in [0.05, 0.1) is 45.0 Å². The number of benzene rings is 1. The maximum atomic E-state index is 11.9. The van der Waals surface area contributed by atoms with Crippen LogP contribution in [0.25, 0.3) is 11.0 Å². The van der Waals surface area contributed by atoms with E-state index in [-0.39, 0.29) is 40.0 Å². The average Bonchev–Trinajstić information content (AvgIpc) is 3.21. The molecule has 146 valence electrons. The Hall–Kier alpha value is -1.66. The van der Waals surface area contributed by atoms with E-state index in [2.05, 4.69) is 4.98 Å². The van der Waals surface area contributed by atoms with Crippen molar-refractivity contribution in [1.29, 1.82) is 0 Å². The van der Waals surface area contributed by atoms with Crippen LogP contribution < -0.4 is 0 Å². The van der Waals surface area contributed by atoms with Crippen LogP contribution in [-0.4, -0.2) is 59.6 Å². The second kappa shape index (κ2) is 6.45. The third-order valence-corrected chi connectivity index (χ3v) is 9.85. The zero-order valence-corrected chi connectivity index (χ0v) is 16.6. The van der Waals surface area contributed by atoms with E-state index in [0.717, 1.165) is 0 Å². The molecule has 9 nitrogen and oxygen atoms in total. The molecule has 0 bridgehead atoms. The number of fused-ring (bicyclic) bond motifs is 1. The van der Waals surface area contributed by atoms with Gasteiger partial charge in [0.1, 0.15) is 0 Å². The number of rotatable bonds is 4. The minimum atomic E-state index is -3.14. The lowest BCUT2D eigenvalue weighted by Gasteiger charge is -2.16. The average molecular weight is 432 g/mol. The van der Waals surface area contributed by atoms with Gasteiger partial charge in [-0.3, -0.25) is 10.1 Å². The molecule has 1 aromatic heterocycles. The molecule has 0 spiro atoms. The first-order chi connectivity index (χ1) is 12.6. The fourth-order valence-electron chi connectivity index (χ4n) is 3.60. The van der Waals surface area contributed by atoms with Crippen LogP contribution >= 0.6 is 11.8 Å². The Bertz CT molecular complexity index is 1140. The minimum Gasteiger partial charge on any atom is -0.315 e. The van der Waals surface area contributed by atoms with E-state index in [4.69, 9.17) is 0 Å². The molecule has 12 heteroatoms. The van der Waals surface area contributed by atoms with Gasteiger partial charge in [0.15, 0.2) is 24.8 Å². The van der Waals surface area contributed by atoms with Gasteiger partial charge < -0.3 is 4.57 Å². The van der Waals surface area contributed by atoms with Crippen molar-refractivity contribution in [2.45, 2.75) is 29.3 Å². The summed E-state index contributed by atoms with van der Waals surface area (Å²) in [6.45, 7) is 0. The lowest BCUT2D eigenvalue weighted by atomic mass is 10.2. The van der Waals surface area contributed by atoms with Crippen LogP contribution in [-0.2, 0) is 19.7 Å². The van der Waals surface area contributed by atoms with E-state index in [1.54, 1.807) is 6.07 Å². The van der Waals surface area contributed by atoms with Gasteiger partial charge in [-0.05, 0) is 18.9 Å². The molecular weight excluding hydrogens is 414 g/mol. The smallest absolute Gasteiger partial charge is 0.271 e. The maximum absolute atomic E-state index is 11.9. The number of thioether (sulfide) groups is 1. The van der Waals surface area contributed by atoms with Gasteiger partial charge in [0.25, 0.3) is 5.69 Å². The molecule has 4 rings (SSSR count). The molecule has 0 unspecified atom stereocenters. The van der Waals surface area contributed by atoms with E-state index in [1.165, 1.54) is 23.9 Å². The van der Waals surface area contributed by atoms with Gasteiger partial charge in [0, 0.05) is 17.4 Å². The van der Waals surface area contributed by atoms with Crippen molar-refractivity contribution >= 4 is 48.2 Å². The molecule has 0 N–H and O–H groups in total. The largest absolute Gasteiger partial charge is 0.315 e. The van der Waals surface area contributed by atoms with E-state index in [1.807, 2.05) is 4.57 Å². The molecule has 0 aliphatic carbocycles. The Morgan fingerprint density at radius 1 is 1.11 bits per heavy atom. The van der Waals surface area contributed by atoms with Crippen molar-refractivity contribution in [2.24, 2.45) is 0 Å². The molecule has 2 aliphatic rings. The first-order valence-corrected chi connectivity index (χ1v) is 12.9. The van der Waals surface area contributed by atoms with E-state index < -0.39 is 24.6 Å². The lowest BCUT2D eigenvalue weighted by molar-refractivity contribution is -0.384. The van der Waals surface area contributed by atoms with Crippen molar-refractivity contribution in [1.82, 2.24) is 9.55 Å². The monoisotopic (exact) mass is 431 g/mol. The number of nitrogens with zero attached hydrogens (tertiary/aromatic N) is 3. The summed E-state index contributed by atoms with van der Waals surface area (Å²) in [5.74, 6) is 0.274. The molecule has 27 heavy (non-hydrogen) atoms. The highest BCUT2D eigenvalue weighted by molar-refractivity contribution is 8.01. The number of imidazole rings is 1. The SMILES string of the molecule is O=[N+]([O-])c1ccc2c(c1)nc(S[C@@H]1CCS(=O)(=O)C1)n2[C@H]1CCS(=O)(=O)C1.